The number of rotatable bonds is 12. The van der Waals surface area contributed by atoms with Gasteiger partial charge in [0.15, 0.2) is 6.10 Å². The van der Waals surface area contributed by atoms with E-state index in [1.807, 2.05) is 29.0 Å². The second-order valence-corrected chi connectivity index (χ2v) is 9.56. The molecule has 0 bridgehead atoms. The predicted molar refractivity (Wildman–Crippen MR) is 139 cm³/mol. The third-order valence-corrected chi connectivity index (χ3v) is 6.72. The fraction of sp³-hybridized carbons (Fsp3) is 0.464. The van der Waals surface area contributed by atoms with Crippen LogP contribution in [0.3, 0.4) is 0 Å². The summed E-state index contributed by atoms with van der Waals surface area (Å²) in [5.74, 6) is -0.561. The van der Waals surface area contributed by atoms with E-state index >= 15 is 0 Å². The summed E-state index contributed by atoms with van der Waals surface area (Å²) in [6, 6.07) is 12.5. The van der Waals surface area contributed by atoms with Crippen molar-refractivity contribution in [2.75, 3.05) is 20.3 Å². The molecule has 11 heteroatoms. The van der Waals surface area contributed by atoms with Gasteiger partial charge in [-0.2, -0.15) is 13.2 Å². The van der Waals surface area contributed by atoms with Crippen LogP contribution in [0.15, 0.2) is 53.8 Å². The number of fused-ring (bicyclic) bond motifs is 1. The molecular weight excluding hydrogens is 515 g/mol. The fourth-order valence-electron chi connectivity index (χ4n) is 4.80. The van der Waals surface area contributed by atoms with Crippen molar-refractivity contribution in [1.29, 1.82) is 0 Å². The molecule has 0 saturated heterocycles. The first-order chi connectivity index (χ1) is 18.7. The fourth-order valence-corrected chi connectivity index (χ4v) is 4.80. The van der Waals surface area contributed by atoms with Crippen molar-refractivity contribution in [2.24, 2.45) is 11.1 Å². The summed E-state index contributed by atoms with van der Waals surface area (Å²) in [6.45, 7) is -0.728. The van der Waals surface area contributed by atoms with E-state index in [1.165, 1.54) is 19.3 Å². The molecule has 2 aromatic heterocycles. The first-order valence-corrected chi connectivity index (χ1v) is 12.9. The lowest BCUT2D eigenvalue weighted by atomic mass is 9.84. The molecule has 0 unspecified atom stereocenters. The van der Waals surface area contributed by atoms with Crippen LogP contribution in [-0.4, -0.2) is 58.9 Å². The number of aromatic nitrogens is 2. The van der Waals surface area contributed by atoms with Gasteiger partial charge in [0.2, 0.25) is 0 Å². The zero-order chi connectivity index (χ0) is 27.8. The van der Waals surface area contributed by atoms with Crippen molar-refractivity contribution in [3.63, 3.8) is 0 Å². The first kappa shape index (κ1) is 28.4. The maximum atomic E-state index is 12.4. The van der Waals surface area contributed by atoms with Gasteiger partial charge >= 0.3 is 12.1 Å². The van der Waals surface area contributed by atoms with Crippen molar-refractivity contribution in [2.45, 2.75) is 57.3 Å². The van der Waals surface area contributed by atoms with Gasteiger partial charge < -0.3 is 24.0 Å². The smallest absolute Gasteiger partial charge is 0.411 e. The van der Waals surface area contributed by atoms with Crippen molar-refractivity contribution < 1.29 is 37.4 Å². The summed E-state index contributed by atoms with van der Waals surface area (Å²) in [6.07, 6.45) is 1.33. The van der Waals surface area contributed by atoms with Crippen LogP contribution >= 0.6 is 0 Å². The van der Waals surface area contributed by atoms with E-state index in [-0.39, 0.29) is 6.42 Å². The minimum Gasteiger partial charge on any atom is -0.492 e. The number of hydrogen-bond acceptors (Lipinski definition) is 6. The van der Waals surface area contributed by atoms with Crippen LogP contribution in [0.25, 0.3) is 11.0 Å². The molecule has 1 aliphatic carbocycles. The quantitative estimate of drug-likeness (QED) is 0.234. The highest BCUT2D eigenvalue weighted by atomic mass is 19.4. The number of hydrogen-bond donors (Lipinski definition) is 1. The highest BCUT2D eigenvalue weighted by Gasteiger charge is 2.31. The number of carboxylic acid groups (broad SMARTS) is 1. The number of nitrogens with zero attached hydrogens (tertiary/aromatic N) is 3. The molecule has 1 aliphatic rings. The molecule has 3 aromatic rings. The maximum absolute atomic E-state index is 12.4. The average molecular weight is 548 g/mol. The normalized spacial score (nSPS) is 15.8. The Morgan fingerprint density at radius 3 is 2.54 bits per heavy atom. The van der Waals surface area contributed by atoms with Gasteiger partial charge in [-0.05, 0) is 48.7 Å². The molecule has 1 N–H and O–H groups in total. The summed E-state index contributed by atoms with van der Waals surface area (Å²) in [5.41, 5.74) is 3.05. The Labute approximate surface area is 224 Å². The molecular formula is C28H32F3N3O5. The summed E-state index contributed by atoms with van der Waals surface area (Å²) in [5, 5.41) is 14.5. The Hall–Kier alpha value is -3.60. The number of benzene rings is 1. The van der Waals surface area contributed by atoms with E-state index in [0.29, 0.717) is 30.4 Å². The van der Waals surface area contributed by atoms with E-state index in [2.05, 4.69) is 9.89 Å². The van der Waals surface area contributed by atoms with Crippen LogP contribution in [0.4, 0.5) is 13.2 Å². The maximum Gasteiger partial charge on any atom is 0.411 e. The molecule has 0 spiro atoms. The van der Waals surface area contributed by atoms with E-state index in [4.69, 9.17) is 14.6 Å². The molecule has 1 aromatic carbocycles. The Balaban J connectivity index is 1.36. The van der Waals surface area contributed by atoms with Gasteiger partial charge in [-0.1, -0.05) is 36.6 Å². The topological polar surface area (TPSA) is 95.2 Å². The first-order valence-electron chi connectivity index (χ1n) is 12.9. The third-order valence-electron chi connectivity index (χ3n) is 6.72. The van der Waals surface area contributed by atoms with E-state index in [9.17, 15) is 23.1 Å². The van der Waals surface area contributed by atoms with E-state index in [0.717, 1.165) is 35.3 Å². The van der Waals surface area contributed by atoms with E-state index < -0.39 is 24.9 Å². The average Bonchev–Trinajstić information content (AvgIpc) is 3.32. The van der Waals surface area contributed by atoms with Crippen LogP contribution in [0, 0.1) is 5.92 Å². The Morgan fingerprint density at radius 2 is 1.87 bits per heavy atom. The number of pyridine rings is 1. The largest absolute Gasteiger partial charge is 0.492 e. The molecule has 2 heterocycles. The number of oxime groups is 1. The van der Waals surface area contributed by atoms with Gasteiger partial charge in [0.1, 0.15) is 37.4 Å². The van der Waals surface area contributed by atoms with Crippen molar-refractivity contribution >= 4 is 22.7 Å². The van der Waals surface area contributed by atoms with Gasteiger partial charge in [0, 0.05) is 23.9 Å². The summed E-state index contributed by atoms with van der Waals surface area (Å²) in [4.78, 5) is 21.3. The summed E-state index contributed by atoms with van der Waals surface area (Å²) in [7, 11) is 1.56. The Bertz CT molecular complexity index is 1270. The number of carboxylic acids is 1. The second kappa shape index (κ2) is 13.0. The van der Waals surface area contributed by atoms with Crippen LogP contribution in [0.2, 0.25) is 0 Å². The molecule has 39 heavy (non-hydrogen) atoms. The SMILES string of the molecule is CON=C(c1ccc2ccn(CCOc3ccc(C[C@H](OCC(F)(F)F)C(=O)O)cc3)c2n1)C1CCCCC1. The van der Waals surface area contributed by atoms with Crippen LogP contribution in [0.1, 0.15) is 43.4 Å². The van der Waals surface area contributed by atoms with Crippen molar-refractivity contribution in [3.8, 4) is 5.75 Å². The van der Waals surface area contributed by atoms with Gasteiger partial charge in [-0.25, -0.2) is 9.78 Å². The third kappa shape index (κ3) is 7.95. The van der Waals surface area contributed by atoms with Gasteiger partial charge in [-0.3, -0.25) is 0 Å². The zero-order valence-electron chi connectivity index (χ0n) is 21.7. The van der Waals surface area contributed by atoms with E-state index in [1.54, 1.807) is 31.4 Å². The van der Waals surface area contributed by atoms with Gasteiger partial charge in [0.25, 0.3) is 0 Å². The summed E-state index contributed by atoms with van der Waals surface area (Å²) < 4.78 is 49.6. The highest BCUT2D eigenvalue weighted by Crippen LogP contribution is 2.28. The number of carbonyl (C=O) groups is 1. The number of halogens is 3. The molecule has 0 amide bonds. The second-order valence-electron chi connectivity index (χ2n) is 9.56. The van der Waals surface area contributed by atoms with Crippen molar-refractivity contribution in [3.05, 3.63) is 59.9 Å². The lowest BCUT2D eigenvalue weighted by Gasteiger charge is -2.22. The van der Waals surface area contributed by atoms with Gasteiger partial charge in [-0.15, -0.1) is 0 Å². The minimum absolute atomic E-state index is 0.190. The van der Waals surface area contributed by atoms with Crippen LogP contribution < -0.4 is 4.74 Å². The monoisotopic (exact) mass is 547 g/mol. The van der Waals surface area contributed by atoms with Crippen LogP contribution in [0.5, 0.6) is 5.75 Å². The lowest BCUT2D eigenvalue weighted by Crippen LogP contribution is -2.31. The number of aliphatic carboxylic acids is 1. The Morgan fingerprint density at radius 1 is 1.13 bits per heavy atom. The molecule has 0 radical (unpaired) electrons. The molecule has 0 aliphatic heterocycles. The predicted octanol–water partition coefficient (Wildman–Crippen LogP) is 5.62. The van der Waals surface area contributed by atoms with Gasteiger partial charge in [0.05, 0.1) is 12.2 Å². The van der Waals surface area contributed by atoms with Crippen LogP contribution in [-0.2, 0) is 27.3 Å². The molecule has 1 fully saturated rings. The molecule has 4 rings (SSSR count). The summed E-state index contributed by atoms with van der Waals surface area (Å²) >= 11 is 0. The molecule has 1 atom stereocenters. The minimum atomic E-state index is -4.59. The number of ether oxygens (including phenoxy) is 2. The molecule has 1 saturated carbocycles. The molecule has 8 nitrogen and oxygen atoms in total. The standard InChI is InChI=1S/C28H32F3N3O5/c1-37-33-25(20-5-3-2-4-6-20)23-12-9-21-13-14-34(26(21)32-23)15-16-38-22-10-7-19(8-11-22)17-24(27(35)36)39-18-28(29,30)31/h7-14,20,24H,2-6,15-18H2,1H3,(H,35,36)/t24-/m0/s1. The zero-order valence-corrected chi connectivity index (χ0v) is 21.7. The highest BCUT2D eigenvalue weighted by molar-refractivity contribution is 6.01. The number of alkyl halides is 3. The van der Waals surface area contributed by atoms with Crippen molar-refractivity contribution in [1.82, 2.24) is 9.55 Å². The lowest BCUT2D eigenvalue weighted by molar-refractivity contribution is -0.192. The molecule has 210 valence electrons. The Kier molecular flexibility index (Phi) is 9.45.